The van der Waals surface area contributed by atoms with E-state index in [2.05, 4.69) is 5.32 Å². The van der Waals surface area contributed by atoms with Crippen LogP contribution in [0.1, 0.15) is 18.4 Å². The van der Waals surface area contributed by atoms with Crippen molar-refractivity contribution in [3.8, 4) is 0 Å². The molecular formula is C17H26FN3O3S. The Morgan fingerprint density at radius 1 is 1.32 bits per heavy atom. The molecule has 1 saturated heterocycles. The highest BCUT2D eigenvalue weighted by molar-refractivity contribution is 7.89. The second kappa shape index (κ2) is 8.25. The number of halogens is 1. The Morgan fingerprint density at radius 2 is 1.96 bits per heavy atom. The Hall–Kier alpha value is -1.51. The summed E-state index contributed by atoms with van der Waals surface area (Å²) in [6.07, 6.45) is 0.987. The zero-order chi connectivity index (χ0) is 18.6. The molecule has 0 aliphatic carbocycles. The Kier molecular flexibility index (Phi) is 6.53. The van der Waals surface area contributed by atoms with Gasteiger partial charge in [-0.2, -0.15) is 4.31 Å². The van der Waals surface area contributed by atoms with Gasteiger partial charge in [0.25, 0.3) is 0 Å². The van der Waals surface area contributed by atoms with E-state index in [1.165, 1.54) is 16.4 Å². The van der Waals surface area contributed by atoms with Crippen LogP contribution in [0.5, 0.6) is 0 Å². The second-order valence-corrected chi connectivity index (χ2v) is 8.59. The van der Waals surface area contributed by atoms with Crippen LogP contribution in [-0.4, -0.2) is 63.8 Å². The van der Waals surface area contributed by atoms with Crippen LogP contribution in [0.15, 0.2) is 23.1 Å². The summed E-state index contributed by atoms with van der Waals surface area (Å²) in [6.45, 7) is 3.53. The molecule has 1 heterocycles. The molecule has 0 unspecified atom stereocenters. The molecule has 0 bridgehead atoms. The van der Waals surface area contributed by atoms with Crippen LogP contribution < -0.4 is 5.32 Å². The van der Waals surface area contributed by atoms with Gasteiger partial charge in [0.15, 0.2) is 0 Å². The molecule has 2 rings (SSSR count). The van der Waals surface area contributed by atoms with Crippen LogP contribution in [-0.2, 0) is 14.8 Å². The second-order valence-electron chi connectivity index (χ2n) is 6.68. The fraction of sp³-hybridized carbons (Fsp3) is 0.588. The number of sulfonamides is 1. The van der Waals surface area contributed by atoms with Crippen molar-refractivity contribution in [3.63, 3.8) is 0 Å². The monoisotopic (exact) mass is 371 g/mol. The number of rotatable bonds is 6. The molecule has 0 aromatic heterocycles. The maximum absolute atomic E-state index is 13.2. The molecule has 1 aliphatic rings. The van der Waals surface area contributed by atoms with Crippen molar-refractivity contribution in [2.45, 2.75) is 24.7 Å². The van der Waals surface area contributed by atoms with Gasteiger partial charge in [-0.15, -0.1) is 0 Å². The molecule has 8 heteroatoms. The summed E-state index contributed by atoms with van der Waals surface area (Å²) in [5.74, 6) is -0.635. The minimum absolute atomic E-state index is 0.0168. The molecule has 1 N–H and O–H groups in total. The fourth-order valence-corrected chi connectivity index (χ4v) is 4.62. The number of carbonyl (C=O) groups excluding carboxylic acids is 1. The summed E-state index contributed by atoms with van der Waals surface area (Å²) in [4.78, 5) is 14.3. The van der Waals surface area contributed by atoms with Gasteiger partial charge < -0.3 is 10.2 Å². The summed E-state index contributed by atoms with van der Waals surface area (Å²) in [5, 5.41) is 2.89. The maximum Gasteiger partial charge on any atom is 0.243 e. The lowest BCUT2D eigenvalue weighted by Crippen LogP contribution is -2.44. The molecule has 1 fully saturated rings. The normalized spacial score (nSPS) is 17.0. The van der Waals surface area contributed by atoms with Crippen molar-refractivity contribution in [3.05, 3.63) is 29.6 Å². The minimum Gasteiger partial charge on any atom is -0.355 e. The van der Waals surface area contributed by atoms with Crippen molar-refractivity contribution < 1.29 is 17.6 Å². The fourth-order valence-electron chi connectivity index (χ4n) is 2.95. The van der Waals surface area contributed by atoms with E-state index in [0.717, 1.165) is 12.6 Å². The topological polar surface area (TPSA) is 69.7 Å². The predicted molar refractivity (Wildman–Crippen MR) is 94.2 cm³/mol. The molecule has 1 aromatic rings. The molecule has 25 heavy (non-hydrogen) atoms. The number of nitrogens with one attached hydrogen (secondary N) is 1. The average molecular weight is 371 g/mol. The third-order valence-corrected chi connectivity index (χ3v) is 6.50. The van der Waals surface area contributed by atoms with Crippen molar-refractivity contribution in [2.24, 2.45) is 5.92 Å². The summed E-state index contributed by atoms with van der Waals surface area (Å²) in [7, 11) is 0.216. The van der Waals surface area contributed by atoms with Crippen LogP contribution in [0, 0.1) is 18.7 Å². The van der Waals surface area contributed by atoms with Gasteiger partial charge in [-0.1, -0.05) is 0 Å². The van der Waals surface area contributed by atoms with Crippen LogP contribution in [0.2, 0.25) is 0 Å². The van der Waals surface area contributed by atoms with E-state index >= 15 is 0 Å². The number of aryl methyl sites for hydroxylation is 1. The molecule has 0 atom stereocenters. The first-order valence-corrected chi connectivity index (χ1v) is 9.84. The van der Waals surface area contributed by atoms with E-state index in [9.17, 15) is 17.6 Å². The highest BCUT2D eigenvalue weighted by Crippen LogP contribution is 2.26. The molecule has 6 nitrogen and oxygen atoms in total. The van der Waals surface area contributed by atoms with E-state index in [1.807, 2.05) is 19.0 Å². The first-order valence-electron chi connectivity index (χ1n) is 8.40. The van der Waals surface area contributed by atoms with Crippen molar-refractivity contribution in [2.75, 3.05) is 40.3 Å². The number of amides is 1. The van der Waals surface area contributed by atoms with Crippen LogP contribution >= 0.6 is 0 Å². The molecule has 1 aliphatic heterocycles. The lowest BCUT2D eigenvalue weighted by Gasteiger charge is -2.31. The van der Waals surface area contributed by atoms with E-state index in [-0.39, 0.29) is 16.7 Å². The zero-order valence-corrected chi connectivity index (χ0v) is 15.8. The lowest BCUT2D eigenvalue weighted by molar-refractivity contribution is -0.126. The quantitative estimate of drug-likeness (QED) is 0.816. The number of benzene rings is 1. The third-order valence-electron chi connectivity index (χ3n) is 4.44. The standard InChI is InChI=1S/C17H26FN3O3S/c1-13-12-15(18)4-5-16(13)25(23,24)21-9-6-14(7-10-21)17(22)19-8-11-20(2)3/h4-5,12,14H,6-11H2,1-3H3,(H,19,22). The van der Waals surface area contributed by atoms with E-state index in [1.54, 1.807) is 6.92 Å². The van der Waals surface area contributed by atoms with Gasteiger partial charge in [-0.25, -0.2) is 12.8 Å². The summed E-state index contributed by atoms with van der Waals surface area (Å²) < 4.78 is 40.1. The first kappa shape index (κ1) is 19.8. The molecule has 0 spiro atoms. The predicted octanol–water partition coefficient (Wildman–Crippen LogP) is 1.21. The third kappa shape index (κ3) is 4.99. The number of likely N-dealkylation sites (N-methyl/N-ethyl adjacent to an activating group) is 1. The van der Waals surface area contributed by atoms with Crippen LogP contribution in [0.3, 0.4) is 0 Å². The lowest BCUT2D eigenvalue weighted by atomic mass is 9.97. The van der Waals surface area contributed by atoms with Crippen molar-refractivity contribution in [1.82, 2.24) is 14.5 Å². The van der Waals surface area contributed by atoms with Crippen LogP contribution in [0.4, 0.5) is 4.39 Å². The van der Waals surface area contributed by atoms with Gasteiger partial charge in [0.1, 0.15) is 5.82 Å². The molecule has 1 aromatic carbocycles. The molecular weight excluding hydrogens is 345 g/mol. The van der Waals surface area contributed by atoms with Crippen molar-refractivity contribution >= 4 is 15.9 Å². The van der Waals surface area contributed by atoms with Crippen LogP contribution in [0.25, 0.3) is 0 Å². The molecule has 1 amide bonds. The Balaban J connectivity index is 1.96. The smallest absolute Gasteiger partial charge is 0.243 e. The molecule has 0 saturated carbocycles. The van der Waals surface area contributed by atoms with E-state index < -0.39 is 15.8 Å². The Labute approximate surface area is 149 Å². The summed E-state index contributed by atoms with van der Waals surface area (Å²) in [6, 6.07) is 3.68. The number of hydrogen-bond acceptors (Lipinski definition) is 4. The number of carbonyl (C=O) groups is 1. The van der Waals surface area contributed by atoms with Crippen molar-refractivity contribution in [1.29, 1.82) is 0 Å². The zero-order valence-electron chi connectivity index (χ0n) is 15.0. The van der Waals surface area contributed by atoms with Gasteiger partial charge in [-0.05, 0) is 57.6 Å². The number of hydrogen-bond donors (Lipinski definition) is 1. The molecule has 140 valence electrons. The van der Waals surface area contributed by atoms with Gasteiger partial charge in [0.2, 0.25) is 15.9 Å². The van der Waals surface area contributed by atoms with Gasteiger partial charge in [0, 0.05) is 32.1 Å². The summed E-state index contributed by atoms with van der Waals surface area (Å²) >= 11 is 0. The number of piperidine rings is 1. The highest BCUT2D eigenvalue weighted by Gasteiger charge is 2.32. The highest BCUT2D eigenvalue weighted by atomic mass is 32.2. The first-order chi connectivity index (χ1) is 11.7. The Morgan fingerprint density at radius 3 is 2.52 bits per heavy atom. The van der Waals surface area contributed by atoms with Gasteiger partial charge in [-0.3, -0.25) is 4.79 Å². The largest absolute Gasteiger partial charge is 0.355 e. The Bertz CT molecular complexity index is 714. The van der Waals surface area contributed by atoms with Gasteiger partial charge >= 0.3 is 0 Å². The molecule has 0 radical (unpaired) electrons. The number of nitrogens with zero attached hydrogens (tertiary/aromatic N) is 2. The average Bonchev–Trinajstić information content (AvgIpc) is 2.54. The van der Waals surface area contributed by atoms with Gasteiger partial charge in [0.05, 0.1) is 4.90 Å². The minimum atomic E-state index is -3.66. The SMILES string of the molecule is Cc1cc(F)ccc1S(=O)(=O)N1CCC(C(=O)NCCN(C)C)CC1. The summed E-state index contributed by atoms with van der Waals surface area (Å²) in [5.41, 5.74) is 0.392. The van der Waals surface area contributed by atoms with E-state index in [4.69, 9.17) is 0 Å². The maximum atomic E-state index is 13.2. The van der Waals surface area contributed by atoms with E-state index in [0.29, 0.717) is 38.0 Å².